The van der Waals surface area contributed by atoms with Gasteiger partial charge in [-0.2, -0.15) is 5.01 Å². The number of thioether (sulfide) groups is 1. The lowest BCUT2D eigenvalue weighted by Crippen LogP contribution is -2.44. The van der Waals surface area contributed by atoms with E-state index in [9.17, 15) is 14.0 Å². The third-order valence-electron chi connectivity index (χ3n) is 5.02. The van der Waals surface area contributed by atoms with Gasteiger partial charge in [-0.3, -0.25) is 15.0 Å². The first-order valence-corrected chi connectivity index (χ1v) is 12.7. The molecule has 0 radical (unpaired) electrons. The second-order valence-corrected chi connectivity index (χ2v) is 10.3. The largest absolute Gasteiger partial charge is 0.493 e. The average Bonchev–Trinajstić information content (AvgIpc) is 3.12. The van der Waals surface area contributed by atoms with Gasteiger partial charge in [0, 0.05) is 11.1 Å². The molecule has 36 heavy (non-hydrogen) atoms. The molecule has 0 saturated carbocycles. The van der Waals surface area contributed by atoms with Crippen LogP contribution >= 0.6 is 51.5 Å². The molecule has 0 bridgehead atoms. The first kappa shape index (κ1) is 26.2. The Morgan fingerprint density at radius 1 is 1.22 bits per heavy atom. The number of carbonyl (C=O) groups is 2. The molecule has 0 unspecified atom stereocenters. The number of nitrogens with one attached hydrogen (secondary N) is 1. The van der Waals surface area contributed by atoms with Gasteiger partial charge in [-0.05, 0) is 76.2 Å². The monoisotopic (exact) mass is 606 g/mol. The first-order valence-electron chi connectivity index (χ1n) is 10.4. The summed E-state index contributed by atoms with van der Waals surface area (Å²) >= 11 is 15.9. The Balaban J connectivity index is 1.53. The molecule has 0 aliphatic carbocycles. The van der Waals surface area contributed by atoms with Gasteiger partial charge in [-0.15, -0.1) is 0 Å². The van der Waals surface area contributed by atoms with Crippen LogP contribution in [0.4, 0.5) is 4.39 Å². The molecule has 0 aromatic heterocycles. The normalized spacial score (nSPS) is 14.3. The summed E-state index contributed by atoms with van der Waals surface area (Å²) in [6.07, 6.45) is 1.62. The van der Waals surface area contributed by atoms with Crippen LogP contribution in [0.25, 0.3) is 6.08 Å². The lowest BCUT2D eigenvalue weighted by molar-refractivity contribution is -0.123. The van der Waals surface area contributed by atoms with Gasteiger partial charge in [0.2, 0.25) is 0 Å². The van der Waals surface area contributed by atoms with E-state index in [1.165, 1.54) is 19.2 Å². The van der Waals surface area contributed by atoms with E-state index in [1.54, 1.807) is 54.6 Å². The van der Waals surface area contributed by atoms with Gasteiger partial charge < -0.3 is 9.47 Å². The molecule has 1 N–H and O–H groups in total. The fraction of sp³-hybridized carbons (Fsp3) is 0.0800. The van der Waals surface area contributed by atoms with Crippen LogP contribution in [-0.2, 0) is 11.4 Å². The number of halogens is 3. The van der Waals surface area contributed by atoms with Crippen molar-refractivity contribution in [2.75, 3.05) is 7.11 Å². The molecular formula is C25H17BrClFN2O4S2. The molecule has 6 nitrogen and oxygen atoms in total. The number of nitrogens with zero attached hydrogens (tertiary/aromatic N) is 1. The van der Waals surface area contributed by atoms with Crippen molar-refractivity contribution in [3.05, 3.63) is 97.6 Å². The van der Waals surface area contributed by atoms with Crippen LogP contribution in [0.3, 0.4) is 0 Å². The summed E-state index contributed by atoms with van der Waals surface area (Å²) in [6, 6.07) is 16.3. The smallest absolute Gasteiger partial charge is 0.285 e. The van der Waals surface area contributed by atoms with Gasteiger partial charge in [0.15, 0.2) is 15.8 Å². The van der Waals surface area contributed by atoms with Gasteiger partial charge in [0.25, 0.3) is 11.8 Å². The maximum atomic E-state index is 14.1. The van der Waals surface area contributed by atoms with E-state index in [1.807, 2.05) is 0 Å². The highest BCUT2D eigenvalue weighted by molar-refractivity contribution is 9.10. The summed E-state index contributed by atoms with van der Waals surface area (Å²) in [5.74, 6) is -0.684. The minimum atomic E-state index is -0.476. The lowest BCUT2D eigenvalue weighted by Gasteiger charge is -2.15. The van der Waals surface area contributed by atoms with Crippen molar-refractivity contribution in [2.24, 2.45) is 0 Å². The van der Waals surface area contributed by atoms with Crippen LogP contribution in [-0.4, -0.2) is 28.3 Å². The second-order valence-electron chi connectivity index (χ2n) is 7.35. The third kappa shape index (κ3) is 5.73. The fourth-order valence-corrected chi connectivity index (χ4v) is 5.22. The molecule has 3 aromatic carbocycles. The SMILES string of the molecule is COc1cc(/C=C2/SC(=S)N(NC(=O)c3ccccc3)C2=O)cc(Br)c1OCc1c(F)cccc1Cl. The molecule has 184 valence electrons. The van der Waals surface area contributed by atoms with E-state index in [0.29, 0.717) is 32.0 Å². The minimum absolute atomic E-state index is 0.112. The highest BCUT2D eigenvalue weighted by Gasteiger charge is 2.34. The number of hydrogen-bond acceptors (Lipinski definition) is 6. The zero-order valence-electron chi connectivity index (χ0n) is 18.6. The van der Waals surface area contributed by atoms with Gasteiger partial charge >= 0.3 is 0 Å². The highest BCUT2D eigenvalue weighted by atomic mass is 79.9. The van der Waals surface area contributed by atoms with E-state index in [2.05, 4.69) is 21.4 Å². The van der Waals surface area contributed by atoms with Crippen LogP contribution < -0.4 is 14.9 Å². The molecule has 1 heterocycles. The zero-order chi connectivity index (χ0) is 25.8. The average molecular weight is 608 g/mol. The lowest BCUT2D eigenvalue weighted by atomic mass is 10.1. The first-order chi connectivity index (χ1) is 17.3. The molecule has 1 fully saturated rings. The summed E-state index contributed by atoms with van der Waals surface area (Å²) < 4.78 is 26.1. The van der Waals surface area contributed by atoms with E-state index >= 15 is 0 Å². The Bertz CT molecular complexity index is 1370. The number of rotatable bonds is 7. The van der Waals surface area contributed by atoms with E-state index in [0.717, 1.165) is 16.8 Å². The topological polar surface area (TPSA) is 67.9 Å². The third-order valence-corrected chi connectivity index (χ3v) is 7.26. The van der Waals surface area contributed by atoms with Crippen LogP contribution in [0.1, 0.15) is 21.5 Å². The van der Waals surface area contributed by atoms with Gasteiger partial charge in [0.05, 0.1) is 21.5 Å². The van der Waals surface area contributed by atoms with Gasteiger partial charge in [0.1, 0.15) is 12.4 Å². The number of ether oxygens (including phenoxy) is 2. The molecule has 2 amide bonds. The number of carbonyl (C=O) groups excluding carboxylic acids is 2. The maximum absolute atomic E-state index is 14.1. The molecule has 1 aliphatic heterocycles. The summed E-state index contributed by atoms with van der Waals surface area (Å²) in [6.45, 7) is -0.112. The molecule has 0 atom stereocenters. The predicted octanol–water partition coefficient (Wildman–Crippen LogP) is 6.38. The quantitative estimate of drug-likeness (QED) is 0.249. The molecule has 1 aliphatic rings. The van der Waals surface area contributed by atoms with Gasteiger partial charge in [-0.1, -0.05) is 47.6 Å². The Labute approximate surface area is 229 Å². The number of methoxy groups -OCH3 is 1. The Kier molecular flexibility index (Phi) is 8.30. The predicted molar refractivity (Wildman–Crippen MR) is 145 cm³/mol. The number of thiocarbonyl (C=S) groups is 1. The standard InChI is InChI=1S/C25H17BrClFN2O4S2/c1-33-20-11-14(10-17(26)22(20)34-13-16-18(27)8-5-9-19(16)28)12-21-24(32)30(25(35)36-21)29-23(31)15-6-3-2-4-7-15/h2-12H,13H2,1H3,(H,29,31)/b21-12+. The molecule has 11 heteroatoms. The van der Waals surface area contributed by atoms with E-state index in [4.69, 9.17) is 33.3 Å². The van der Waals surface area contributed by atoms with Crippen LogP contribution in [0.15, 0.2) is 70.0 Å². The number of hydrogen-bond donors (Lipinski definition) is 1. The van der Waals surface area contributed by atoms with Crippen LogP contribution in [0, 0.1) is 5.82 Å². The van der Waals surface area contributed by atoms with E-state index in [-0.39, 0.29) is 21.5 Å². The summed E-state index contributed by atoms with van der Waals surface area (Å²) in [4.78, 5) is 25.7. The van der Waals surface area contributed by atoms with Crippen molar-refractivity contribution in [1.82, 2.24) is 10.4 Å². The number of benzene rings is 3. The Hall–Kier alpha value is -2.92. The molecule has 0 spiro atoms. The Morgan fingerprint density at radius 3 is 2.67 bits per heavy atom. The Morgan fingerprint density at radius 2 is 1.97 bits per heavy atom. The zero-order valence-corrected chi connectivity index (χ0v) is 22.6. The number of hydrazine groups is 1. The number of amides is 2. The molecule has 1 saturated heterocycles. The van der Waals surface area contributed by atoms with Crippen molar-refractivity contribution in [1.29, 1.82) is 0 Å². The highest BCUT2D eigenvalue weighted by Crippen LogP contribution is 2.39. The van der Waals surface area contributed by atoms with Crippen LogP contribution in [0.5, 0.6) is 11.5 Å². The molecule has 4 rings (SSSR count). The van der Waals surface area contributed by atoms with Crippen molar-refractivity contribution in [3.8, 4) is 11.5 Å². The van der Waals surface area contributed by atoms with Crippen molar-refractivity contribution in [3.63, 3.8) is 0 Å². The summed E-state index contributed by atoms with van der Waals surface area (Å²) in [7, 11) is 1.47. The summed E-state index contributed by atoms with van der Waals surface area (Å²) in [5, 5.41) is 1.30. The maximum Gasteiger partial charge on any atom is 0.285 e. The van der Waals surface area contributed by atoms with Crippen molar-refractivity contribution >= 4 is 73.7 Å². The molecule has 3 aromatic rings. The van der Waals surface area contributed by atoms with E-state index < -0.39 is 17.6 Å². The van der Waals surface area contributed by atoms with Gasteiger partial charge in [-0.25, -0.2) is 4.39 Å². The fourth-order valence-electron chi connectivity index (χ4n) is 3.25. The second kappa shape index (κ2) is 11.4. The summed E-state index contributed by atoms with van der Waals surface area (Å²) in [5.41, 5.74) is 3.78. The van der Waals surface area contributed by atoms with Crippen molar-refractivity contribution < 1.29 is 23.5 Å². The molecular weight excluding hydrogens is 591 g/mol. The van der Waals surface area contributed by atoms with Crippen molar-refractivity contribution in [2.45, 2.75) is 6.61 Å². The van der Waals surface area contributed by atoms with Crippen LogP contribution in [0.2, 0.25) is 5.02 Å². The minimum Gasteiger partial charge on any atom is -0.493 e.